The molecule has 6 nitrogen and oxygen atoms in total. The number of rotatable bonds is 9. The summed E-state index contributed by atoms with van der Waals surface area (Å²) >= 11 is 5.81. The number of methoxy groups -OCH3 is 1. The standard InChI is InChI=1S/C24H23ClN2O4/c1-17-3-5-18(6-4-17)15-31-22-12-7-19(13-23(22)29-2)14-26-27-24(28)16-30-21-10-8-20(25)9-11-21/h3-14H,15-16H2,1-2H3,(H,27,28)/b26-14+. The van der Waals surface area contributed by atoms with Crippen molar-refractivity contribution in [1.29, 1.82) is 0 Å². The fourth-order valence-corrected chi connectivity index (χ4v) is 2.75. The predicted octanol–water partition coefficient (Wildman–Crippen LogP) is 4.77. The van der Waals surface area contributed by atoms with E-state index in [4.69, 9.17) is 25.8 Å². The summed E-state index contributed by atoms with van der Waals surface area (Å²) in [6, 6.07) is 20.3. The minimum atomic E-state index is -0.379. The second-order valence-corrected chi connectivity index (χ2v) is 7.16. The molecule has 0 unspecified atom stereocenters. The maximum absolute atomic E-state index is 11.9. The number of carbonyl (C=O) groups excluding carboxylic acids is 1. The van der Waals surface area contributed by atoms with E-state index >= 15 is 0 Å². The Labute approximate surface area is 186 Å². The highest BCUT2D eigenvalue weighted by atomic mass is 35.5. The van der Waals surface area contributed by atoms with Crippen molar-refractivity contribution < 1.29 is 19.0 Å². The number of hydrazone groups is 1. The molecule has 0 saturated heterocycles. The number of aryl methyl sites for hydroxylation is 1. The summed E-state index contributed by atoms with van der Waals surface area (Å²) < 4.78 is 16.6. The molecule has 0 aliphatic heterocycles. The van der Waals surface area contributed by atoms with Gasteiger partial charge in [0.15, 0.2) is 18.1 Å². The summed E-state index contributed by atoms with van der Waals surface area (Å²) in [5.74, 6) is 1.37. The van der Waals surface area contributed by atoms with Crippen LogP contribution in [0, 0.1) is 6.92 Å². The first kappa shape index (κ1) is 22.2. The molecule has 0 saturated carbocycles. The monoisotopic (exact) mass is 438 g/mol. The molecule has 1 amide bonds. The number of carbonyl (C=O) groups is 1. The molecule has 0 aliphatic rings. The van der Waals surface area contributed by atoms with Gasteiger partial charge in [0.2, 0.25) is 0 Å². The molecule has 0 fully saturated rings. The average molecular weight is 439 g/mol. The predicted molar refractivity (Wildman–Crippen MR) is 121 cm³/mol. The van der Waals surface area contributed by atoms with Gasteiger partial charge in [0.05, 0.1) is 13.3 Å². The topological polar surface area (TPSA) is 69.2 Å². The van der Waals surface area contributed by atoms with Gasteiger partial charge in [-0.15, -0.1) is 0 Å². The Morgan fingerprint density at radius 1 is 1.00 bits per heavy atom. The largest absolute Gasteiger partial charge is 0.493 e. The minimum Gasteiger partial charge on any atom is -0.493 e. The molecular weight excluding hydrogens is 416 g/mol. The summed E-state index contributed by atoms with van der Waals surface area (Å²) in [5.41, 5.74) is 5.45. The van der Waals surface area contributed by atoms with Crippen LogP contribution in [0.2, 0.25) is 5.02 Å². The highest BCUT2D eigenvalue weighted by molar-refractivity contribution is 6.30. The summed E-state index contributed by atoms with van der Waals surface area (Å²) in [7, 11) is 1.57. The summed E-state index contributed by atoms with van der Waals surface area (Å²) in [6.45, 7) is 2.32. The van der Waals surface area contributed by atoms with Crippen LogP contribution >= 0.6 is 11.6 Å². The molecule has 0 bridgehead atoms. The van der Waals surface area contributed by atoms with Gasteiger partial charge >= 0.3 is 0 Å². The Hall–Kier alpha value is -3.51. The van der Waals surface area contributed by atoms with Gasteiger partial charge in [-0.05, 0) is 60.5 Å². The van der Waals surface area contributed by atoms with Crippen LogP contribution in [-0.2, 0) is 11.4 Å². The van der Waals surface area contributed by atoms with Gasteiger partial charge in [0, 0.05) is 5.02 Å². The highest BCUT2D eigenvalue weighted by Gasteiger charge is 2.06. The van der Waals surface area contributed by atoms with Gasteiger partial charge in [-0.2, -0.15) is 5.10 Å². The second kappa shape index (κ2) is 11.0. The van der Waals surface area contributed by atoms with E-state index in [9.17, 15) is 4.79 Å². The number of nitrogens with one attached hydrogen (secondary N) is 1. The molecule has 0 aliphatic carbocycles. The first-order chi connectivity index (χ1) is 15.0. The van der Waals surface area contributed by atoms with Gasteiger partial charge in [-0.3, -0.25) is 4.79 Å². The van der Waals surface area contributed by atoms with Crippen LogP contribution < -0.4 is 19.6 Å². The maximum Gasteiger partial charge on any atom is 0.277 e. The van der Waals surface area contributed by atoms with Crippen molar-refractivity contribution in [3.8, 4) is 17.2 Å². The quantitative estimate of drug-likeness (QED) is 0.386. The summed E-state index contributed by atoms with van der Waals surface area (Å²) in [6.07, 6.45) is 1.52. The van der Waals surface area contributed by atoms with Gasteiger partial charge in [0.25, 0.3) is 5.91 Å². The van der Waals surface area contributed by atoms with Crippen LogP contribution in [0.25, 0.3) is 0 Å². The fraction of sp³-hybridized carbons (Fsp3) is 0.167. The highest BCUT2D eigenvalue weighted by Crippen LogP contribution is 2.28. The van der Waals surface area contributed by atoms with Gasteiger partial charge < -0.3 is 14.2 Å². The molecule has 0 aromatic heterocycles. The molecule has 160 valence electrons. The van der Waals surface area contributed by atoms with Crippen molar-refractivity contribution in [3.05, 3.63) is 88.4 Å². The third-order valence-corrected chi connectivity index (χ3v) is 4.54. The Balaban J connectivity index is 1.51. The van der Waals surface area contributed by atoms with Gasteiger partial charge in [-0.25, -0.2) is 5.43 Å². The zero-order chi connectivity index (χ0) is 22.1. The lowest BCUT2D eigenvalue weighted by atomic mass is 10.2. The van der Waals surface area contributed by atoms with E-state index in [0.29, 0.717) is 28.9 Å². The first-order valence-corrected chi connectivity index (χ1v) is 9.98. The molecule has 7 heteroatoms. The molecule has 31 heavy (non-hydrogen) atoms. The SMILES string of the molecule is COc1cc(/C=N/NC(=O)COc2ccc(Cl)cc2)ccc1OCc1ccc(C)cc1. The van der Waals surface area contributed by atoms with Crippen LogP contribution in [-0.4, -0.2) is 25.8 Å². The van der Waals surface area contributed by atoms with Crippen molar-refractivity contribution in [2.75, 3.05) is 13.7 Å². The van der Waals surface area contributed by atoms with E-state index in [1.807, 2.05) is 37.3 Å². The zero-order valence-electron chi connectivity index (χ0n) is 17.3. The van der Waals surface area contributed by atoms with Crippen LogP contribution in [0.3, 0.4) is 0 Å². The Kier molecular flexibility index (Phi) is 7.90. The van der Waals surface area contributed by atoms with E-state index in [-0.39, 0.29) is 12.5 Å². The molecule has 3 rings (SSSR count). The summed E-state index contributed by atoms with van der Waals surface area (Å²) in [5, 5.41) is 4.55. The van der Waals surface area contributed by atoms with Crippen molar-refractivity contribution in [2.24, 2.45) is 5.10 Å². The number of amides is 1. The minimum absolute atomic E-state index is 0.159. The third kappa shape index (κ3) is 7.04. The van der Waals surface area contributed by atoms with Crippen LogP contribution in [0.15, 0.2) is 71.8 Å². The smallest absolute Gasteiger partial charge is 0.277 e. The zero-order valence-corrected chi connectivity index (χ0v) is 18.1. The molecule has 3 aromatic carbocycles. The van der Waals surface area contributed by atoms with Crippen molar-refractivity contribution in [1.82, 2.24) is 5.43 Å². The number of hydrogen-bond donors (Lipinski definition) is 1. The van der Waals surface area contributed by atoms with Crippen LogP contribution in [0.5, 0.6) is 17.2 Å². The number of ether oxygens (including phenoxy) is 3. The third-order valence-electron chi connectivity index (χ3n) is 4.29. The van der Waals surface area contributed by atoms with Crippen molar-refractivity contribution >= 4 is 23.7 Å². The van der Waals surface area contributed by atoms with E-state index < -0.39 is 0 Å². The van der Waals surface area contributed by atoms with Crippen molar-refractivity contribution in [3.63, 3.8) is 0 Å². The van der Waals surface area contributed by atoms with E-state index in [1.54, 1.807) is 43.5 Å². The number of benzene rings is 3. The van der Waals surface area contributed by atoms with E-state index in [2.05, 4.69) is 10.5 Å². The lowest BCUT2D eigenvalue weighted by Gasteiger charge is -2.11. The summed E-state index contributed by atoms with van der Waals surface area (Å²) in [4.78, 5) is 11.9. The van der Waals surface area contributed by atoms with Crippen molar-refractivity contribution in [2.45, 2.75) is 13.5 Å². The van der Waals surface area contributed by atoms with Crippen LogP contribution in [0.1, 0.15) is 16.7 Å². The van der Waals surface area contributed by atoms with Crippen LogP contribution in [0.4, 0.5) is 0 Å². The van der Waals surface area contributed by atoms with E-state index in [0.717, 1.165) is 11.1 Å². The number of hydrogen-bond acceptors (Lipinski definition) is 5. The molecule has 0 heterocycles. The lowest BCUT2D eigenvalue weighted by Crippen LogP contribution is -2.24. The molecule has 0 atom stereocenters. The first-order valence-electron chi connectivity index (χ1n) is 9.60. The molecule has 0 spiro atoms. The molecule has 3 aromatic rings. The Morgan fingerprint density at radius 3 is 2.45 bits per heavy atom. The normalized spacial score (nSPS) is 10.7. The number of nitrogens with zero attached hydrogens (tertiary/aromatic N) is 1. The molecule has 0 radical (unpaired) electrons. The Morgan fingerprint density at radius 2 is 1.74 bits per heavy atom. The molecular formula is C24H23ClN2O4. The number of halogens is 1. The maximum atomic E-state index is 11.9. The lowest BCUT2D eigenvalue weighted by molar-refractivity contribution is -0.123. The van der Waals surface area contributed by atoms with Gasteiger partial charge in [-0.1, -0.05) is 41.4 Å². The van der Waals surface area contributed by atoms with E-state index in [1.165, 1.54) is 11.8 Å². The average Bonchev–Trinajstić information content (AvgIpc) is 2.78. The molecule has 1 N–H and O–H groups in total. The fourth-order valence-electron chi connectivity index (χ4n) is 2.62. The Bertz CT molecular complexity index is 1030. The van der Waals surface area contributed by atoms with Gasteiger partial charge in [0.1, 0.15) is 12.4 Å². The second-order valence-electron chi connectivity index (χ2n) is 6.72.